The molecular weight excluding hydrogens is 156 g/mol. The van der Waals surface area contributed by atoms with Crippen LogP contribution in [0.15, 0.2) is 29.4 Å². The second kappa shape index (κ2) is 2.57. The van der Waals surface area contributed by atoms with Gasteiger partial charge in [-0.3, -0.25) is 4.79 Å². The zero-order valence-corrected chi connectivity index (χ0v) is 6.34. The Morgan fingerprint density at radius 2 is 2.42 bits per heavy atom. The average molecular weight is 164 g/mol. The van der Waals surface area contributed by atoms with Crippen LogP contribution in [0.2, 0.25) is 0 Å². The third-order valence-corrected chi connectivity index (χ3v) is 1.80. The van der Waals surface area contributed by atoms with Gasteiger partial charge in [0.1, 0.15) is 5.84 Å². The Labute approximate surface area is 69.5 Å². The minimum absolute atomic E-state index is 0.304. The van der Waals surface area contributed by atoms with Gasteiger partial charge in [-0.1, -0.05) is 6.08 Å². The third kappa shape index (κ3) is 1.06. The first-order valence-corrected chi connectivity index (χ1v) is 3.69. The number of carbonyl (C=O) groups is 1. The number of carbonyl (C=O) groups excluding carboxylic acids is 1. The maximum atomic E-state index is 10.9. The van der Waals surface area contributed by atoms with E-state index in [9.17, 15) is 4.79 Å². The Bertz CT molecular complexity index is 304. The van der Waals surface area contributed by atoms with Gasteiger partial charge in [0, 0.05) is 6.20 Å². The van der Waals surface area contributed by atoms with Crippen molar-refractivity contribution in [3.63, 3.8) is 0 Å². The van der Waals surface area contributed by atoms with Gasteiger partial charge >= 0.3 is 0 Å². The van der Waals surface area contributed by atoms with Crippen molar-refractivity contribution in [3.05, 3.63) is 24.4 Å². The Hall–Kier alpha value is -1.42. The maximum Gasteiger partial charge on any atom is 0.278 e. The molecule has 1 atom stereocenters. The molecule has 12 heavy (non-hydrogen) atoms. The van der Waals surface area contributed by atoms with Crippen molar-refractivity contribution in [3.8, 4) is 0 Å². The van der Waals surface area contributed by atoms with Crippen molar-refractivity contribution in [1.29, 1.82) is 0 Å². The molecule has 4 nitrogen and oxygen atoms in total. The standard InChI is InChI=1S/C8H8N2O2/c11-6-5-10-4-2-1-3-7(10)9-8(6)12/h1-4,6,11H,5H2/t6-/m1/s1. The molecule has 62 valence electrons. The van der Waals surface area contributed by atoms with Gasteiger partial charge in [0.2, 0.25) is 0 Å². The van der Waals surface area contributed by atoms with Crippen molar-refractivity contribution in [1.82, 2.24) is 4.90 Å². The molecule has 0 radical (unpaired) electrons. The summed E-state index contributed by atoms with van der Waals surface area (Å²) >= 11 is 0. The largest absolute Gasteiger partial charge is 0.381 e. The van der Waals surface area contributed by atoms with Crippen LogP contribution in [0.4, 0.5) is 0 Å². The van der Waals surface area contributed by atoms with Crippen molar-refractivity contribution in [2.24, 2.45) is 4.99 Å². The number of rotatable bonds is 0. The van der Waals surface area contributed by atoms with Crippen LogP contribution in [-0.4, -0.2) is 34.4 Å². The lowest BCUT2D eigenvalue weighted by Gasteiger charge is -2.27. The van der Waals surface area contributed by atoms with Gasteiger partial charge in [-0.25, -0.2) is 0 Å². The fourth-order valence-electron chi connectivity index (χ4n) is 1.18. The molecule has 4 heteroatoms. The van der Waals surface area contributed by atoms with E-state index in [-0.39, 0.29) is 0 Å². The number of hydrogen-bond donors (Lipinski definition) is 1. The summed E-state index contributed by atoms with van der Waals surface area (Å²) in [4.78, 5) is 16.4. The highest BCUT2D eigenvalue weighted by Crippen LogP contribution is 2.09. The van der Waals surface area contributed by atoms with Crippen molar-refractivity contribution in [2.45, 2.75) is 6.10 Å². The Balaban J connectivity index is 2.33. The number of hydrogen-bond acceptors (Lipinski definition) is 3. The van der Waals surface area contributed by atoms with Crippen LogP contribution in [0.3, 0.4) is 0 Å². The third-order valence-electron chi connectivity index (χ3n) is 1.80. The van der Waals surface area contributed by atoms with Crippen LogP contribution in [0.25, 0.3) is 0 Å². The average Bonchev–Trinajstić information content (AvgIpc) is 2.07. The first-order chi connectivity index (χ1) is 5.77. The lowest BCUT2D eigenvalue weighted by Crippen LogP contribution is -2.42. The lowest BCUT2D eigenvalue weighted by atomic mass is 10.2. The molecular formula is C8H8N2O2. The molecule has 2 heterocycles. The second-order valence-electron chi connectivity index (χ2n) is 2.68. The molecule has 1 amide bonds. The fourth-order valence-corrected chi connectivity index (χ4v) is 1.18. The van der Waals surface area contributed by atoms with Crippen molar-refractivity contribution < 1.29 is 9.90 Å². The van der Waals surface area contributed by atoms with Crippen molar-refractivity contribution in [2.75, 3.05) is 6.54 Å². The summed E-state index contributed by atoms with van der Waals surface area (Å²) in [6.45, 7) is 0.304. The predicted molar refractivity (Wildman–Crippen MR) is 43.4 cm³/mol. The zero-order chi connectivity index (χ0) is 8.55. The Kier molecular flexibility index (Phi) is 1.55. The van der Waals surface area contributed by atoms with E-state index < -0.39 is 12.0 Å². The normalized spacial score (nSPS) is 27.1. The predicted octanol–water partition coefficient (Wildman–Crippen LogP) is -0.328. The smallest absolute Gasteiger partial charge is 0.278 e. The van der Waals surface area contributed by atoms with Gasteiger partial charge in [0.25, 0.3) is 5.91 Å². The summed E-state index contributed by atoms with van der Waals surface area (Å²) in [5.41, 5.74) is 0. The SMILES string of the molecule is O=C1N=C2C=CC=CN2C[C@H]1O. The number of fused-ring (bicyclic) bond motifs is 1. The van der Waals surface area contributed by atoms with Crippen LogP contribution < -0.4 is 0 Å². The Morgan fingerprint density at radius 3 is 3.25 bits per heavy atom. The monoisotopic (exact) mass is 164 g/mol. The molecule has 0 aromatic heterocycles. The van der Waals surface area contributed by atoms with E-state index in [1.807, 2.05) is 6.08 Å². The summed E-state index contributed by atoms with van der Waals surface area (Å²) in [6.07, 6.45) is 6.19. The fraction of sp³-hybridized carbons (Fsp3) is 0.250. The first-order valence-electron chi connectivity index (χ1n) is 3.69. The second-order valence-corrected chi connectivity index (χ2v) is 2.68. The lowest BCUT2D eigenvalue weighted by molar-refractivity contribution is -0.126. The molecule has 0 saturated carbocycles. The Morgan fingerprint density at radius 1 is 1.58 bits per heavy atom. The number of allylic oxidation sites excluding steroid dienone is 2. The maximum absolute atomic E-state index is 10.9. The number of aliphatic hydroxyl groups is 1. The summed E-state index contributed by atoms with van der Waals surface area (Å²) < 4.78 is 0. The van der Waals surface area contributed by atoms with Gasteiger partial charge in [-0.15, -0.1) is 0 Å². The van der Waals surface area contributed by atoms with E-state index in [4.69, 9.17) is 5.11 Å². The van der Waals surface area contributed by atoms with Crippen molar-refractivity contribution >= 4 is 11.7 Å². The molecule has 0 spiro atoms. The molecule has 2 aliphatic heterocycles. The van der Waals surface area contributed by atoms with Gasteiger partial charge in [-0.05, 0) is 12.2 Å². The van der Waals surface area contributed by atoms with E-state index in [0.717, 1.165) is 0 Å². The number of amides is 1. The summed E-state index contributed by atoms with van der Waals surface area (Å²) in [5.74, 6) is 0.147. The quantitative estimate of drug-likeness (QED) is 0.533. The zero-order valence-electron chi connectivity index (χ0n) is 6.34. The summed E-state index contributed by atoms with van der Waals surface area (Å²) in [5, 5.41) is 9.16. The van der Waals surface area contributed by atoms with E-state index in [2.05, 4.69) is 4.99 Å². The molecule has 0 saturated heterocycles. The van der Waals surface area contributed by atoms with Gasteiger partial charge in [0.15, 0.2) is 6.10 Å². The minimum atomic E-state index is -0.982. The van der Waals surface area contributed by atoms with Gasteiger partial charge < -0.3 is 10.0 Å². The van der Waals surface area contributed by atoms with E-state index in [1.54, 1.807) is 23.3 Å². The molecule has 0 bridgehead atoms. The van der Waals surface area contributed by atoms with Crippen LogP contribution in [-0.2, 0) is 4.79 Å². The molecule has 2 rings (SSSR count). The first kappa shape index (κ1) is 7.24. The number of nitrogens with zero attached hydrogens (tertiary/aromatic N) is 2. The number of aliphatic imine (C=N–C) groups is 1. The van der Waals surface area contributed by atoms with Gasteiger partial charge in [-0.2, -0.15) is 4.99 Å². The molecule has 0 aromatic carbocycles. The highest BCUT2D eigenvalue weighted by Gasteiger charge is 2.25. The molecule has 0 unspecified atom stereocenters. The van der Waals surface area contributed by atoms with Gasteiger partial charge in [0.05, 0.1) is 6.54 Å². The van der Waals surface area contributed by atoms with E-state index in [1.165, 1.54) is 0 Å². The number of aliphatic hydroxyl groups excluding tert-OH is 1. The molecule has 0 fully saturated rings. The number of amidine groups is 1. The van der Waals surface area contributed by atoms with E-state index >= 15 is 0 Å². The van der Waals surface area contributed by atoms with E-state index in [0.29, 0.717) is 12.4 Å². The highest BCUT2D eigenvalue weighted by molar-refractivity contribution is 6.05. The molecule has 2 aliphatic rings. The molecule has 0 aliphatic carbocycles. The molecule has 0 aromatic rings. The van der Waals surface area contributed by atoms with Crippen LogP contribution in [0.5, 0.6) is 0 Å². The topological polar surface area (TPSA) is 52.9 Å². The van der Waals surface area contributed by atoms with Crippen LogP contribution in [0, 0.1) is 0 Å². The van der Waals surface area contributed by atoms with Crippen LogP contribution >= 0.6 is 0 Å². The highest BCUT2D eigenvalue weighted by atomic mass is 16.3. The summed E-state index contributed by atoms with van der Waals surface area (Å²) in [6, 6.07) is 0. The minimum Gasteiger partial charge on any atom is -0.381 e. The molecule has 1 N–H and O–H groups in total. The summed E-state index contributed by atoms with van der Waals surface area (Å²) in [7, 11) is 0. The van der Waals surface area contributed by atoms with Crippen LogP contribution in [0.1, 0.15) is 0 Å².